The van der Waals surface area contributed by atoms with Crippen LogP contribution in [0.4, 0.5) is 5.69 Å². The van der Waals surface area contributed by atoms with Gasteiger partial charge in [-0.3, -0.25) is 4.79 Å². The van der Waals surface area contributed by atoms with Gasteiger partial charge in [0.15, 0.2) is 0 Å². The van der Waals surface area contributed by atoms with Crippen LogP contribution >= 0.6 is 11.6 Å². The normalized spacial score (nSPS) is 27.4. The highest BCUT2D eigenvalue weighted by Gasteiger charge is 2.64. The zero-order valence-electron chi connectivity index (χ0n) is 24.5. The van der Waals surface area contributed by atoms with Gasteiger partial charge in [0.1, 0.15) is 17.9 Å². The van der Waals surface area contributed by atoms with Crippen LogP contribution < -0.4 is 15.0 Å². The van der Waals surface area contributed by atoms with Gasteiger partial charge in [0.05, 0.1) is 28.9 Å². The largest absolute Gasteiger partial charge is 0.489 e. The number of rotatable bonds is 7. The van der Waals surface area contributed by atoms with Crippen molar-refractivity contribution in [3.8, 4) is 11.8 Å². The lowest BCUT2D eigenvalue weighted by Crippen LogP contribution is -2.74. The number of anilines is 1. The molecular formula is C33H42ClN3O4. The maximum absolute atomic E-state index is 13.3. The van der Waals surface area contributed by atoms with Gasteiger partial charge < -0.3 is 24.8 Å². The summed E-state index contributed by atoms with van der Waals surface area (Å²) in [5, 5.41) is 22.5. The summed E-state index contributed by atoms with van der Waals surface area (Å²) in [7, 11) is 0. The van der Waals surface area contributed by atoms with Crippen molar-refractivity contribution in [3.63, 3.8) is 0 Å². The van der Waals surface area contributed by atoms with E-state index in [1.807, 2.05) is 24.3 Å². The Morgan fingerprint density at radius 3 is 2.17 bits per heavy atom. The number of aliphatic hydroxyl groups is 1. The highest BCUT2D eigenvalue weighted by Crippen LogP contribution is 2.55. The second kappa shape index (κ2) is 11.8. The third-order valence-corrected chi connectivity index (χ3v) is 9.71. The van der Waals surface area contributed by atoms with Crippen LogP contribution in [0.3, 0.4) is 0 Å². The molecule has 1 heterocycles. The first-order valence-electron chi connectivity index (χ1n) is 14.8. The molecule has 0 unspecified atom stereocenters. The molecule has 0 atom stereocenters. The van der Waals surface area contributed by atoms with Crippen LogP contribution in [0.25, 0.3) is 0 Å². The summed E-state index contributed by atoms with van der Waals surface area (Å²) < 4.78 is 12.7. The van der Waals surface area contributed by atoms with Crippen LogP contribution in [0.2, 0.25) is 5.02 Å². The van der Waals surface area contributed by atoms with E-state index in [1.165, 1.54) is 0 Å². The molecule has 5 rings (SSSR count). The van der Waals surface area contributed by atoms with Crippen molar-refractivity contribution in [1.82, 2.24) is 5.32 Å². The van der Waals surface area contributed by atoms with Gasteiger partial charge >= 0.3 is 0 Å². The summed E-state index contributed by atoms with van der Waals surface area (Å²) in [5.41, 5.74) is 1.55. The Labute approximate surface area is 248 Å². The van der Waals surface area contributed by atoms with Crippen LogP contribution in [0, 0.1) is 22.2 Å². The Morgan fingerprint density at radius 2 is 1.59 bits per heavy atom. The number of carbonyl (C=O) groups excluding carboxylic acids is 1. The Balaban J connectivity index is 1.14. The first kappa shape index (κ1) is 29.7. The lowest BCUT2D eigenvalue weighted by Gasteiger charge is -2.63. The fraction of sp³-hybridized carbons (Fsp3) is 0.576. The number of piperidine rings is 1. The molecule has 1 aliphatic heterocycles. The van der Waals surface area contributed by atoms with Gasteiger partial charge in [0, 0.05) is 47.3 Å². The van der Waals surface area contributed by atoms with E-state index in [2.05, 4.69) is 44.0 Å². The van der Waals surface area contributed by atoms with Crippen LogP contribution in [-0.4, -0.2) is 54.6 Å². The van der Waals surface area contributed by atoms with Gasteiger partial charge in [-0.2, -0.15) is 5.26 Å². The molecule has 41 heavy (non-hydrogen) atoms. The first-order chi connectivity index (χ1) is 19.5. The van der Waals surface area contributed by atoms with Gasteiger partial charge in [-0.1, -0.05) is 39.3 Å². The number of carbonyl (C=O) groups is 1. The van der Waals surface area contributed by atoms with Gasteiger partial charge in [0.25, 0.3) is 5.91 Å². The molecule has 2 aliphatic carbocycles. The molecule has 0 radical (unpaired) electrons. The molecule has 2 saturated carbocycles. The number of amides is 1. The van der Waals surface area contributed by atoms with E-state index in [9.17, 15) is 9.90 Å². The summed E-state index contributed by atoms with van der Waals surface area (Å²) in [5.74, 6) is 0.525. The van der Waals surface area contributed by atoms with E-state index >= 15 is 0 Å². The minimum absolute atomic E-state index is 0.0903. The molecule has 2 aromatic rings. The molecule has 3 fully saturated rings. The maximum Gasteiger partial charge on any atom is 0.251 e. The van der Waals surface area contributed by atoms with Crippen LogP contribution in [0.1, 0.15) is 82.1 Å². The van der Waals surface area contributed by atoms with Crippen LogP contribution in [-0.2, 0) is 4.74 Å². The number of benzene rings is 2. The predicted octanol–water partition coefficient (Wildman–Crippen LogP) is 6.11. The van der Waals surface area contributed by atoms with Crippen molar-refractivity contribution >= 4 is 23.2 Å². The van der Waals surface area contributed by atoms with Gasteiger partial charge in [0.2, 0.25) is 0 Å². The molecule has 7 nitrogen and oxygen atoms in total. The number of hydrogen-bond donors (Lipinski definition) is 2. The molecule has 8 heteroatoms. The van der Waals surface area contributed by atoms with E-state index in [0.29, 0.717) is 21.9 Å². The zero-order valence-corrected chi connectivity index (χ0v) is 25.3. The number of aliphatic hydroxyl groups excluding tert-OH is 1. The lowest BCUT2D eigenvalue weighted by atomic mass is 9.49. The quantitative estimate of drug-likeness (QED) is 0.411. The summed E-state index contributed by atoms with van der Waals surface area (Å²) >= 11 is 6.21. The maximum atomic E-state index is 13.3. The summed E-state index contributed by atoms with van der Waals surface area (Å²) in [4.78, 5) is 15.7. The average molecular weight is 580 g/mol. The van der Waals surface area contributed by atoms with Crippen molar-refractivity contribution in [2.75, 3.05) is 18.0 Å². The first-order valence-corrected chi connectivity index (χ1v) is 15.2. The van der Waals surface area contributed by atoms with E-state index in [-0.39, 0.29) is 47.2 Å². The number of nitrogens with zero attached hydrogens (tertiary/aromatic N) is 2. The van der Waals surface area contributed by atoms with Gasteiger partial charge in [-0.05, 0) is 74.9 Å². The smallest absolute Gasteiger partial charge is 0.251 e. The second-order valence-corrected chi connectivity index (χ2v) is 13.5. The monoisotopic (exact) mass is 579 g/mol. The molecule has 0 bridgehead atoms. The Hall–Kier alpha value is -2.79. The predicted molar refractivity (Wildman–Crippen MR) is 160 cm³/mol. The van der Waals surface area contributed by atoms with E-state index in [0.717, 1.165) is 57.3 Å². The SMILES string of the molecule is CC1(C)C(NC(=O)c2ccc(N3CCC(OC4CCC(O)CC4)CC3)cc2)C(C)(C)C1Oc1ccc(C#N)c(Cl)c1. The van der Waals surface area contributed by atoms with Crippen molar-refractivity contribution < 1.29 is 19.4 Å². The highest BCUT2D eigenvalue weighted by molar-refractivity contribution is 6.31. The number of halogens is 1. The Kier molecular flexibility index (Phi) is 8.57. The van der Waals surface area contributed by atoms with Crippen molar-refractivity contribution in [2.45, 2.75) is 96.7 Å². The minimum Gasteiger partial charge on any atom is -0.489 e. The zero-order chi connectivity index (χ0) is 29.4. The third kappa shape index (κ3) is 6.21. The molecule has 2 N–H and O–H groups in total. The van der Waals surface area contributed by atoms with Crippen molar-refractivity contribution in [3.05, 3.63) is 58.6 Å². The standard InChI is InChI=1S/C33H42ClN3O4/c1-32(2)30(33(3,4)31(32)41-27-12-7-22(20-35)28(34)19-27)36-29(39)21-5-8-23(9-6-21)37-17-15-26(16-18-37)40-25-13-10-24(38)11-14-25/h5-9,12,19,24-26,30-31,38H,10-11,13-18H2,1-4H3,(H,36,39). The Bertz CT molecular complexity index is 1260. The lowest BCUT2D eigenvalue weighted by molar-refractivity contribution is -0.164. The molecule has 0 spiro atoms. The number of nitrogens with one attached hydrogen (secondary N) is 1. The van der Waals surface area contributed by atoms with E-state index in [4.69, 9.17) is 26.3 Å². The van der Waals surface area contributed by atoms with E-state index < -0.39 is 0 Å². The number of hydrogen-bond acceptors (Lipinski definition) is 6. The average Bonchev–Trinajstić information content (AvgIpc) is 2.96. The Morgan fingerprint density at radius 1 is 0.976 bits per heavy atom. The topological polar surface area (TPSA) is 94.8 Å². The second-order valence-electron chi connectivity index (χ2n) is 13.1. The molecule has 2 aromatic carbocycles. The third-order valence-electron chi connectivity index (χ3n) is 9.40. The molecule has 1 amide bonds. The highest BCUT2D eigenvalue weighted by atomic mass is 35.5. The van der Waals surface area contributed by atoms with E-state index in [1.54, 1.807) is 18.2 Å². The fourth-order valence-electron chi connectivity index (χ4n) is 7.34. The minimum atomic E-state index is -0.316. The molecule has 0 aromatic heterocycles. The van der Waals surface area contributed by atoms with Gasteiger partial charge in [-0.15, -0.1) is 0 Å². The van der Waals surface area contributed by atoms with Gasteiger partial charge in [-0.25, -0.2) is 0 Å². The molecule has 3 aliphatic rings. The summed E-state index contributed by atoms with van der Waals surface area (Å²) in [6, 6.07) is 15.0. The fourth-order valence-corrected chi connectivity index (χ4v) is 7.55. The number of nitriles is 1. The summed E-state index contributed by atoms with van der Waals surface area (Å²) in [6.45, 7) is 10.3. The molecule has 220 valence electrons. The summed E-state index contributed by atoms with van der Waals surface area (Å²) in [6.07, 6.45) is 5.86. The number of ether oxygens (including phenoxy) is 2. The molecular weight excluding hydrogens is 538 g/mol. The van der Waals surface area contributed by atoms with Crippen molar-refractivity contribution in [2.24, 2.45) is 10.8 Å². The van der Waals surface area contributed by atoms with Crippen molar-refractivity contribution in [1.29, 1.82) is 5.26 Å². The van der Waals surface area contributed by atoms with Crippen LogP contribution in [0.5, 0.6) is 5.75 Å². The van der Waals surface area contributed by atoms with Crippen LogP contribution in [0.15, 0.2) is 42.5 Å². The molecule has 1 saturated heterocycles.